The van der Waals surface area contributed by atoms with E-state index in [0.29, 0.717) is 17.7 Å². The van der Waals surface area contributed by atoms with Crippen molar-refractivity contribution < 1.29 is 29.0 Å². The molecule has 0 bridgehead atoms. The smallest absolute Gasteiger partial charge is 0.306 e. The molecule has 0 aromatic heterocycles. The average Bonchev–Trinajstić information content (AvgIpc) is 2.80. The van der Waals surface area contributed by atoms with Crippen LogP contribution in [-0.4, -0.2) is 36.0 Å². The Balaban J connectivity index is 2.15. The van der Waals surface area contributed by atoms with Crippen molar-refractivity contribution >= 4 is 23.8 Å². The molecule has 1 fully saturated rings. The lowest BCUT2D eigenvalue weighted by atomic mass is 10.0. The zero-order valence-electron chi connectivity index (χ0n) is 13.7. The van der Waals surface area contributed by atoms with Crippen molar-refractivity contribution in [1.82, 2.24) is 0 Å². The van der Waals surface area contributed by atoms with Gasteiger partial charge in [-0.2, -0.15) is 0 Å². The van der Waals surface area contributed by atoms with Crippen LogP contribution in [0.2, 0.25) is 0 Å². The summed E-state index contributed by atoms with van der Waals surface area (Å²) < 4.78 is 10.5. The van der Waals surface area contributed by atoms with E-state index in [4.69, 9.17) is 14.6 Å². The standard InChI is InChI=1S/C18H20O6/c1-11-9-15(19)14(10-12-3-5-13(23-2)6-4-12)18(11)24-17(22)8-7-16(20)21/h3-6,10-11,18H,7-9H2,1-2H3,(H,20,21)/b14-10+. The molecule has 6 nitrogen and oxygen atoms in total. The van der Waals surface area contributed by atoms with E-state index in [0.717, 1.165) is 5.56 Å². The van der Waals surface area contributed by atoms with E-state index >= 15 is 0 Å². The molecule has 2 rings (SSSR count). The summed E-state index contributed by atoms with van der Waals surface area (Å²) >= 11 is 0. The van der Waals surface area contributed by atoms with Gasteiger partial charge in [0.25, 0.3) is 0 Å². The molecule has 1 aliphatic rings. The van der Waals surface area contributed by atoms with Crippen molar-refractivity contribution in [1.29, 1.82) is 0 Å². The summed E-state index contributed by atoms with van der Waals surface area (Å²) in [4.78, 5) is 34.5. The molecule has 1 aromatic carbocycles. The summed E-state index contributed by atoms with van der Waals surface area (Å²) in [6.45, 7) is 1.84. The number of ketones is 1. The highest BCUT2D eigenvalue weighted by molar-refractivity contribution is 6.03. The molecule has 24 heavy (non-hydrogen) atoms. The maximum Gasteiger partial charge on any atom is 0.306 e. The van der Waals surface area contributed by atoms with Gasteiger partial charge in [-0.15, -0.1) is 0 Å². The Bertz CT molecular complexity index is 659. The number of ether oxygens (including phenoxy) is 2. The fourth-order valence-corrected chi connectivity index (χ4v) is 2.61. The minimum Gasteiger partial charge on any atom is -0.497 e. The Labute approximate surface area is 140 Å². The van der Waals surface area contributed by atoms with E-state index in [1.54, 1.807) is 25.3 Å². The highest BCUT2D eigenvalue weighted by atomic mass is 16.5. The number of carboxylic acid groups (broad SMARTS) is 1. The maximum absolute atomic E-state index is 12.2. The number of carboxylic acids is 1. The number of Topliss-reactive ketones (excluding diaryl/α,β-unsaturated/α-hetero) is 1. The number of methoxy groups -OCH3 is 1. The monoisotopic (exact) mass is 332 g/mol. The van der Waals surface area contributed by atoms with Gasteiger partial charge in [-0.05, 0) is 23.8 Å². The third-order valence-electron chi connectivity index (χ3n) is 3.89. The molecule has 2 unspecified atom stereocenters. The number of carbonyl (C=O) groups is 3. The van der Waals surface area contributed by atoms with Crippen LogP contribution in [0, 0.1) is 5.92 Å². The molecule has 1 saturated carbocycles. The van der Waals surface area contributed by atoms with Gasteiger partial charge in [-0.1, -0.05) is 19.1 Å². The first-order valence-electron chi connectivity index (χ1n) is 7.71. The first-order valence-corrected chi connectivity index (χ1v) is 7.71. The van der Waals surface area contributed by atoms with Crippen molar-refractivity contribution in [2.75, 3.05) is 7.11 Å². The molecule has 6 heteroatoms. The number of hydrogen-bond donors (Lipinski definition) is 1. The molecular formula is C18H20O6. The summed E-state index contributed by atoms with van der Waals surface area (Å²) in [7, 11) is 1.57. The topological polar surface area (TPSA) is 89.9 Å². The van der Waals surface area contributed by atoms with Crippen LogP contribution in [0.25, 0.3) is 6.08 Å². The largest absolute Gasteiger partial charge is 0.497 e. The van der Waals surface area contributed by atoms with Crippen LogP contribution in [0.4, 0.5) is 0 Å². The Morgan fingerprint density at radius 2 is 1.92 bits per heavy atom. The molecule has 0 heterocycles. The van der Waals surface area contributed by atoms with Gasteiger partial charge in [0.2, 0.25) is 0 Å². The average molecular weight is 332 g/mol. The second kappa shape index (κ2) is 7.77. The number of hydrogen-bond acceptors (Lipinski definition) is 5. The van der Waals surface area contributed by atoms with Crippen molar-refractivity contribution in [2.24, 2.45) is 5.92 Å². The van der Waals surface area contributed by atoms with Gasteiger partial charge in [0, 0.05) is 17.9 Å². The minimum atomic E-state index is -1.06. The Morgan fingerprint density at radius 1 is 1.25 bits per heavy atom. The second-order valence-corrected chi connectivity index (χ2v) is 5.78. The summed E-state index contributed by atoms with van der Waals surface area (Å²) in [5, 5.41) is 8.62. The van der Waals surface area contributed by atoms with Gasteiger partial charge in [-0.25, -0.2) is 0 Å². The minimum absolute atomic E-state index is 0.0608. The number of carbonyl (C=O) groups excluding carboxylic acids is 2. The van der Waals surface area contributed by atoms with Crippen LogP contribution in [0.1, 0.15) is 31.7 Å². The molecule has 0 aliphatic heterocycles. The van der Waals surface area contributed by atoms with Crippen LogP contribution in [0.3, 0.4) is 0 Å². The summed E-state index contributed by atoms with van der Waals surface area (Å²) in [5.74, 6) is -1.15. The second-order valence-electron chi connectivity index (χ2n) is 5.78. The van der Waals surface area contributed by atoms with Gasteiger partial charge in [0.1, 0.15) is 11.9 Å². The van der Waals surface area contributed by atoms with E-state index in [1.807, 2.05) is 19.1 Å². The molecule has 128 valence electrons. The van der Waals surface area contributed by atoms with Crippen molar-refractivity contribution in [3.8, 4) is 5.75 Å². The van der Waals surface area contributed by atoms with E-state index in [-0.39, 0.29) is 24.5 Å². The molecule has 0 radical (unpaired) electrons. The first-order chi connectivity index (χ1) is 11.4. The SMILES string of the molecule is COc1ccc(/C=C2\C(=O)CC(C)C2OC(=O)CCC(=O)O)cc1. The molecular weight excluding hydrogens is 312 g/mol. The van der Waals surface area contributed by atoms with E-state index < -0.39 is 18.0 Å². The Morgan fingerprint density at radius 3 is 2.50 bits per heavy atom. The van der Waals surface area contributed by atoms with Crippen LogP contribution in [0.5, 0.6) is 5.75 Å². The van der Waals surface area contributed by atoms with E-state index in [9.17, 15) is 14.4 Å². The van der Waals surface area contributed by atoms with Gasteiger partial charge < -0.3 is 14.6 Å². The molecule has 0 amide bonds. The van der Waals surface area contributed by atoms with Crippen molar-refractivity contribution in [3.63, 3.8) is 0 Å². The van der Waals surface area contributed by atoms with Crippen LogP contribution in [0.15, 0.2) is 29.8 Å². The zero-order chi connectivity index (χ0) is 17.7. The van der Waals surface area contributed by atoms with Crippen molar-refractivity contribution in [3.05, 3.63) is 35.4 Å². The summed E-state index contributed by atoms with van der Waals surface area (Å²) in [5.41, 5.74) is 1.25. The molecule has 1 aromatic rings. The third-order valence-corrected chi connectivity index (χ3v) is 3.89. The Hall–Kier alpha value is -2.63. The molecule has 1 aliphatic carbocycles. The van der Waals surface area contributed by atoms with Crippen LogP contribution < -0.4 is 4.74 Å². The normalized spacial score (nSPS) is 21.8. The predicted molar refractivity (Wildman–Crippen MR) is 86.5 cm³/mol. The fraction of sp³-hybridized carbons (Fsp3) is 0.389. The van der Waals surface area contributed by atoms with Gasteiger partial charge >= 0.3 is 11.9 Å². The van der Waals surface area contributed by atoms with Gasteiger partial charge in [0.05, 0.1) is 20.0 Å². The summed E-state index contributed by atoms with van der Waals surface area (Å²) in [6, 6.07) is 7.18. The van der Waals surface area contributed by atoms with Crippen LogP contribution >= 0.6 is 0 Å². The first kappa shape index (κ1) is 17.7. The predicted octanol–water partition coefficient (Wildman–Crippen LogP) is 2.46. The number of benzene rings is 1. The highest BCUT2D eigenvalue weighted by Gasteiger charge is 2.37. The van der Waals surface area contributed by atoms with E-state index in [2.05, 4.69) is 0 Å². The number of aliphatic carboxylic acids is 1. The molecule has 0 spiro atoms. The molecule has 0 saturated heterocycles. The highest BCUT2D eigenvalue weighted by Crippen LogP contribution is 2.32. The molecule has 2 atom stereocenters. The quantitative estimate of drug-likeness (QED) is 0.636. The zero-order valence-corrected chi connectivity index (χ0v) is 13.7. The summed E-state index contributed by atoms with van der Waals surface area (Å²) in [6.07, 6.45) is 0.883. The van der Waals surface area contributed by atoms with Crippen LogP contribution in [-0.2, 0) is 19.1 Å². The lowest BCUT2D eigenvalue weighted by Gasteiger charge is -2.17. The third kappa shape index (κ3) is 4.44. The van der Waals surface area contributed by atoms with Crippen molar-refractivity contribution in [2.45, 2.75) is 32.3 Å². The number of rotatable bonds is 6. The van der Waals surface area contributed by atoms with Gasteiger partial charge in [0.15, 0.2) is 5.78 Å². The van der Waals surface area contributed by atoms with E-state index in [1.165, 1.54) is 0 Å². The molecule has 1 N–H and O–H groups in total. The fourth-order valence-electron chi connectivity index (χ4n) is 2.61. The lowest BCUT2D eigenvalue weighted by molar-refractivity contribution is -0.151. The maximum atomic E-state index is 12.2. The lowest BCUT2D eigenvalue weighted by Crippen LogP contribution is -2.23. The number of esters is 1. The Kier molecular flexibility index (Phi) is 5.73. The van der Waals surface area contributed by atoms with Gasteiger partial charge in [-0.3, -0.25) is 14.4 Å².